The van der Waals surface area contributed by atoms with E-state index >= 15 is 0 Å². The van der Waals surface area contributed by atoms with Gasteiger partial charge in [-0.05, 0) is 37.0 Å². The quantitative estimate of drug-likeness (QED) is 0.804. The highest BCUT2D eigenvalue weighted by Gasteiger charge is 2.40. The van der Waals surface area contributed by atoms with Crippen LogP contribution in [0.25, 0.3) is 0 Å². The highest BCUT2D eigenvalue weighted by Crippen LogP contribution is 2.41. The maximum atomic E-state index is 12.4. The van der Waals surface area contributed by atoms with E-state index in [-0.39, 0.29) is 29.7 Å². The van der Waals surface area contributed by atoms with Gasteiger partial charge in [-0.1, -0.05) is 26.7 Å². The molecule has 0 aromatic rings. The molecule has 108 valence electrons. The molecule has 4 nitrogen and oxygen atoms in total. The van der Waals surface area contributed by atoms with Crippen LogP contribution < -0.4 is 5.32 Å². The van der Waals surface area contributed by atoms with E-state index < -0.39 is 5.97 Å². The summed E-state index contributed by atoms with van der Waals surface area (Å²) in [6.45, 7) is 4.31. The molecule has 1 amide bonds. The van der Waals surface area contributed by atoms with Gasteiger partial charge in [0.2, 0.25) is 5.91 Å². The summed E-state index contributed by atoms with van der Waals surface area (Å²) in [7, 11) is 0. The summed E-state index contributed by atoms with van der Waals surface area (Å²) in [5.74, 6) is -0.328. The summed E-state index contributed by atoms with van der Waals surface area (Å²) >= 11 is 0. The zero-order valence-corrected chi connectivity index (χ0v) is 11.9. The predicted molar refractivity (Wildman–Crippen MR) is 72.6 cm³/mol. The van der Waals surface area contributed by atoms with E-state index in [4.69, 9.17) is 5.11 Å². The lowest BCUT2D eigenvalue weighted by molar-refractivity contribution is -0.138. The Morgan fingerprint density at radius 1 is 1.26 bits per heavy atom. The van der Waals surface area contributed by atoms with E-state index in [9.17, 15) is 9.59 Å². The molecule has 2 saturated carbocycles. The molecule has 0 spiro atoms. The third kappa shape index (κ3) is 3.71. The molecule has 0 aromatic heterocycles. The van der Waals surface area contributed by atoms with Gasteiger partial charge in [-0.2, -0.15) is 0 Å². The first-order valence-corrected chi connectivity index (χ1v) is 7.42. The maximum Gasteiger partial charge on any atom is 0.305 e. The van der Waals surface area contributed by atoms with Crippen LogP contribution in [-0.4, -0.2) is 23.0 Å². The van der Waals surface area contributed by atoms with Gasteiger partial charge in [0.15, 0.2) is 0 Å². The van der Waals surface area contributed by atoms with Crippen molar-refractivity contribution in [3.05, 3.63) is 0 Å². The Bertz CT molecular complexity index is 360. The van der Waals surface area contributed by atoms with Gasteiger partial charge >= 0.3 is 5.97 Å². The number of carboxylic acid groups (broad SMARTS) is 1. The van der Waals surface area contributed by atoms with Crippen LogP contribution in [0.4, 0.5) is 0 Å². The van der Waals surface area contributed by atoms with Crippen LogP contribution in [0.15, 0.2) is 0 Å². The van der Waals surface area contributed by atoms with Crippen molar-refractivity contribution in [3.63, 3.8) is 0 Å². The van der Waals surface area contributed by atoms with Crippen molar-refractivity contribution in [3.8, 4) is 0 Å². The smallest absolute Gasteiger partial charge is 0.305 e. The molecule has 0 aliphatic heterocycles. The zero-order chi connectivity index (χ0) is 14.0. The first-order valence-electron chi connectivity index (χ1n) is 7.42. The number of carbonyl (C=O) groups excluding carboxylic acids is 1. The summed E-state index contributed by atoms with van der Waals surface area (Å²) in [4.78, 5) is 23.3. The van der Waals surface area contributed by atoms with Gasteiger partial charge in [0, 0.05) is 12.0 Å². The number of rotatable bonds is 5. The fourth-order valence-electron chi connectivity index (χ4n) is 3.29. The van der Waals surface area contributed by atoms with Crippen LogP contribution in [0.2, 0.25) is 0 Å². The minimum absolute atomic E-state index is 0.0382. The summed E-state index contributed by atoms with van der Waals surface area (Å²) in [5.41, 5.74) is 0.0413. The van der Waals surface area contributed by atoms with Crippen LogP contribution in [0, 0.1) is 17.3 Å². The zero-order valence-electron chi connectivity index (χ0n) is 11.9. The molecule has 0 heterocycles. The first kappa shape index (κ1) is 14.4. The molecule has 2 atom stereocenters. The first-order chi connectivity index (χ1) is 8.90. The molecule has 2 aliphatic carbocycles. The molecule has 0 aromatic carbocycles. The van der Waals surface area contributed by atoms with E-state index in [1.807, 2.05) is 0 Å². The minimum Gasteiger partial charge on any atom is -0.481 e. The van der Waals surface area contributed by atoms with Crippen LogP contribution in [0.1, 0.15) is 58.8 Å². The Morgan fingerprint density at radius 3 is 2.47 bits per heavy atom. The maximum absolute atomic E-state index is 12.4. The second kappa shape index (κ2) is 5.51. The molecule has 2 rings (SSSR count). The lowest BCUT2D eigenvalue weighted by Gasteiger charge is -2.38. The van der Waals surface area contributed by atoms with Crippen molar-refractivity contribution >= 4 is 11.9 Å². The van der Waals surface area contributed by atoms with Crippen LogP contribution in [-0.2, 0) is 9.59 Å². The van der Waals surface area contributed by atoms with Gasteiger partial charge in [-0.15, -0.1) is 0 Å². The second-order valence-electron chi connectivity index (χ2n) is 6.84. The van der Waals surface area contributed by atoms with E-state index in [1.165, 1.54) is 6.42 Å². The van der Waals surface area contributed by atoms with Crippen LogP contribution >= 0.6 is 0 Å². The van der Waals surface area contributed by atoms with Gasteiger partial charge < -0.3 is 10.4 Å². The highest BCUT2D eigenvalue weighted by atomic mass is 16.4. The Labute approximate surface area is 115 Å². The monoisotopic (exact) mass is 267 g/mol. The van der Waals surface area contributed by atoms with Gasteiger partial charge in [0.1, 0.15) is 0 Å². The van der Waals surface area contributed by atoms with Gasteiger partial charge in [0.25, 0.3) is 0 Å². The van der Waals surface area contributed by atoms with Crippen molar-refractivity contribution in [1.29, 1.82) is 0 Å². The van der Waals surface area contributed by atoms with Gasteiger partial charge in [-0.3, -0.25) is 9.59 Å². The molecule has 0 radical (unpaired) electrons. The Hall–Kier alpha value is -1.06. The molecular weight excluding hydrogens is 242 g/mol. The number of nitrogens with one attached hydrogen (secondary N) is 1. The fraction of sp³-hybridized carbons (Fsp3) is 0.867. The third-order valence-corrected chi connectivity index (χ3v) is 4.74. The third-order valence-electron chi connectivity index (χ3n) is 4.74. The highest BCUT2D eigenvalue weighted by molar-refractivity contribution is 5.80. The summed E-state index contributed by atoms with van der Waals surface area (Å²) in [5, 5.41) is 12.0. The number of amides is 1. The van der Waals surface area contributed by atoms with E-state index in [2.05, 4.69) is 19.2 Å². The van der Waals surface area contributed by atoms with Gasteiger partial charge in [0.05, 0.1) is 6.42 Å². The van der Waals surface area contributed by atoms with Crippen molar-refractivity contribution in [2.75, 3.05) is 0 Å². The van der Waals surface area contributed by atoms with E-state index in [0.29, 0.717) is 5.92 Å². The average molecular weight is 267 g/mol. The number of hydrogen-bond acceptors (Lipinski definition) is 2. The van der Waals surface area contributed by atoms with Crippen molar-refractivity contribution in [2.24, 2.45) is 17.3 Å². The second-order valence-corrected chi connectivity index (χ2v) is 6.84. The predicted octanol–water partition coefficient (Wildman–Crippen LogP) is 2.57. The lowest BCUT2D eigenvalue weighted by atomic mass is 9.68. The minimum atomic E-state index is -0.819. The largest absolute Gasteiger partial charge is 0.481 e. The SMILES string of the molecule is CC1(C)CCCCC1C(=O)NC(CC(=O)O)C1CC1. The Morgan fingerprint density at radius 2 is 1.95 bits per heavy atom. The number of carboxylic acids is 1. The van der Waals surface area contributed by atoms with E-state index in [0.717, 1.165) is 32.1 Å². The molecule has 2 aliphatic rings. The molecule has 2 fully saturated rings. The Balaban J connectivity index is 1.96. The summed E-state index contributed by atoms with van der Waals surface area (Å²) in [6, 6.07) is -0.164. The van der Waals surface area contributed by atoms with Crippen LogP contribution in [0.5, 0.6) is 0 Å². The normalized spacial score (nSPS) is 27.6. The van der Waals surface area contributed by atoms with E-state index in [1.54, 1.807) is 0 Å². The van der Waals surface area contributed by atoms with Crippen LogP contribution in [0.3, 0.4) is 0 Å². The topological polar surface area (TPSA) is 66.4 Å². The van der Waals surface area contributed by atoms with Crippen molar-refractivity contribution in [2.45, 2.75) is 64.8 Å². The lowest BCUT2D eigenvalue weighted by Crippen LogP contribution is -2.46. The fourth-order valence-corrected chi connectivity index (χ4v) is 3.29. The number of aliphatic carboxylic acids is 1. The number of hydrogen-bond donors (Lipinski definition) is 2. The molecular formula is C15H25NO3. The standard InChI is InChI=1S/C15H25NO3/c1-15(2)8-4-3-5-11(15)14(19)16-12(9-13(17)18)10-6-7-10/h10-12H,3-9H2,1-2H3,(H,16,19)(H,17,18). The molecule has 2 N–H and O–H groups in total. The summed E-state index contributed by atoms with van der Waals surface area (Å²) in [6.07, 6.45) is 6.47. The van der Waals surface area contributed by atoms with Gasteiger partial charge in [-0.25, -0.2) is 0 Å². The molecule has 0 bridgehead atoms. The molecule has 4 heteroatoms. The number of carbonyl (C=O) groups is 2. The molecule has 0 saturated heterocycles. The molecule has 2 unspecified atom stereocenters. The summed E-state index contributed by atoms with van der Waals surface area (Å²) < 4.78 is 0. The van der Waals surface area contributed by atoms with Crippen molar-refractivity contribution in [1.82, 2.24) is 5.32 Å². The Kier molecular flexibility index (Phi) is 4.16. The average Bonchev–Trinajstić information content (AvgIpc) is 3.10. The van der Waals surface area contributed by atoms with Crippen molar-refractivity contribution < 1.29 is 14.7 Å². The molecule has 19 heavy (non-hydrogen) atoms.